The van der Waals surface area contributed by atoms with Gasteiger partial charge in [0.2, 0.25) is 0 Å². The Labute approximate surface area is 104 Å². The Kier molecular flexibility index (Phi) is 3.17. The molecule has 0 radical (unpaired) electrons. The van der Waals surface area contributed by atoms with Crippen LogP contribution in [0.15, 0.2) is 18.2 Å². The van der Waals surface area contributed by atoms with E-state index in [1.54, 1.807) is 0 Å². The number of anilines is 1. The predicted octanol–water partition coefficient (Wildman–Crippen LogP) is 2.90. The molecule has 1 atom stereocenters. The molecule has 0 bridgehead atoms. The molecule has 17 heavy (non-hydrogen) atoms. The van der Waals surface area contributed by atoms with Crippen molar-refractivity contribution in [2.75, 3.05) is 18.0 Å². The van der Waals surface area contributed by atoms with E-state index in [4.69, 9.17) is 0 Å². The molecule has 0 aliphatic carbocycles. The molecule has 1 heterocycles. The second-order valence-electron chi connectivity index (χ2n) is 5.98. The minimum Gasteiger partial charge on any atom is -0.392 e. The summed E-state index contributed by atoms with van der Waals surface area (Å²) in [4.78, 5) is 2.39. The molecule has 1 fully saturated rings. The molecule has 0 spiro atoms. The highest BCUT2D eigenvalue weighted by Gasteiger charge is 2.34. The number of hydrogen-bond donors (Lipinski definition) is 1. The minimum absolute atomic E-state index is 0.0168. The molecule has 0 aromatic heterocycles. The van der Waals surface area contributed by atoms with Crippen LogP contribution in [0.1, 0.15) is 31.4 Å². The molecule has 1 aliphatic rings. The summed E-state index contributed by atoms with van der Waals surface area (Å²) >= 11 is 0. The van der Waals surface area contributed by atoms with Gasteiger partial charge < -0.3 is 10.0 Å². The molecule has 0 saturated carbocycles. The van der Waals surface area contributed by atoms with Gasteiger partial charge >= 0.3 is 0 Å². The normalized spacial score (nSPS) is 23.8. The lowest BCUT2D eigenvalue weighted by Gasteiger charge is -2.43. The lowest BCUT2D eigenvalue weighted by molar-refractivity contribution is 0.0336. The molecule has 94 valence electrons. The molecule has 1 N–H and O–H groups in total. The van der Waals surface area contributed by atoms with E-state index in [1.165, 1.54) is 16.8 Å². The fraction of sp³-hybridized carbons (Fsp3) is 0.600. The molecular formula is C15H23NO. The van der Waals surface area contributed by atoms with Crippen molar-refractivity contribution >= 4 is 5.69 Å². The minimum atomic E-state index is -0.176. The van der Waals surface area contributed by atoms with Gasteiger partial charge in [0.1, 0.15) is 0 Å². The first-order valence-electron chi connectivity index (χ1n) is 6.40. The van der Waals surface area contributed by atoms with Crippen molar-refractivity contribution in [2.24, 2.45) is 5.41 Å². The molecule has 2 heteroatoms. The van der Waals surface area contributed by atoms with Gasteiger partial charge in [-0.3, -0.25) is 0 Å². The van der Waals surface area contributed by atoms with E-state index in [0.29, 0.717) is 0 Å². The summed E-state index contributed by atoms with van der Waals surface area (Å²) in [6.07, 6.45) is 0.685. The molecule has 1 aromatic carbocycles. The highest BCUT2D eigenvalue weighted by molar-refractivity contribution is 5.51. The quantitative estimate of drug-likeness (QED) is 0.806. The van der Waals surface area contributed by atoms with Crippen molar-refractivity contribution in [1.82, 2.24) is 0 Å². The highest BCUT2D eigenvalue weighted by atomic mass is 16.3. The van der Waals surface area contributed by atoms with E-state index >= 15 is 0 Å². The number of aliphatic hydroxyl groups is 1. The Balaban J connectivity index is 2.21. The maximum atomic E-state index is 9.97. The molecule has 2 nitrogen and oxygen atoms in total. The van der Waals surface area contributed by atoms with Crippen LogP contribution < -0.4 is 4.90 Å². The van der Waals surface area contributed by atoms with Crippen LogP contribution in [-0.4, -0.2) is 24.3 Å². The number of aryl methyl sites for hydroxylation is 2. The van der Waals surface area contributed by atoms with Crippen molar-refractivity contribution < 1.29 is 5.11 Å². The van der Waals surface area contributed by atoms with Crippen LogP contribution in [0.5, 0.6) is 0 Å². The standard InChI is InChI=1S/C15H23NO/c1-11-5-6-13(9-12(11)2)16-8-7-14(17)15(3,4)10-16/h5-6,9,14,17H,7-8,10H2,1-4H3. The van der Waals surface area contributed by atoms with Gasteiger partial charge in [0, 0.05) is 24.2 Å². The molecule has 1 aromatic rings. The number of aliphatic hydroxyl groups excluding tert-OH is 1. The van der Waals surface area contributed by atoms with Gasteiger partial charge in [-0.05, 0) is 43.5 Å². The van der Waals surface area contributed by atoms with Crippen LogP contribution in [0.4, 0.5) is 5.69 Å². The maximum absolute atomic E-state index is 9.97. The monoisotopic (exact) mass is 233 g/mol. The topological polar surface area (TPSA) is 23.5 Å². The van der Waals surface area contributed by atoms with Gasteiger partial charge in [-0.2, -0.15) is 0 Å². The number of piperidine rings is 1. The van der Waals surface area contributed by atoms with Crippen molar-refractivity contribution in [3.05, 3.63) is 29.3 Å². The van der Waals surface area contributed by atoms with E-state index in [2.05, 4.69) is 50.8 Å². The average molecular weight is 233 g/mol. The molecule has 1 saturated heterocycles. The zero-order valence-electron chi connectivity index (χ0n) is 11.3. The fourth-order valence-electron chi connectivity index (χ4n) is 2.49. The summed E-state index contributed by atoms with van der Waals surface area (Å²) in [5.41, 5.74) is 3.95. The number of nitrogens with zero attached hydrogens (tertiary/aromatic N) is 1. The zero-order chi connectivity index (χ0) is 12.6. The lowest BCUT2D eigenvalue weighted by Crippen LogP contribution is -2.48. The smallest absolute Gasteiger partial charge is 0.0624 e. The summed E-state index contributed by atoms with van der Waals surface area (Å²) in [6.45, 7) is 10.5. The molecule has 2 rings (SSSR count). The Hall–Kier alpha value is -1.02. The summed E-state index contributed by atoms with van der Waals surface area (Å²) in [7, 11) is 0. The van der Waals surface area contributed by atoms with E-state index in [0.717, 1.165) is 19.5 Å². The van der Waals surface area contributed by atoms with Crippen LogP contribution >= 0.6 is 0 Å². The van der Waals surface area contributed by atoms with Crippen molar-refractivity contribution in [3.8, 4) is 0 Å². The van der Waals surface area contributed by atoms with Crippen molar-refractivity contribution in [1.29, 1.82) is 0 Å². The van der Waals surface area contributed by atoms with Gasteiger partial charge in [0.05, 0.1) is 6.10 Å². The SMILES string of the molecule is Cc1ccc(N2CCC(O)C(C)(C)C2)cc1C. The van der Waals surface area contributed by atoms with Gasteiger partial charge in [0.25, 0.3) is 0 Å². The largest absolute Gasteiger partial charge is 0.392 e. The van der Waals surface area contributed by atoms with E-state index in [9.17, 15) is 5.11 Å². The predicted molar refractivity (Wildman–Crippen MR) is 72.5 cm³/mol. The second-order valence-corrected chi connectivity index (χ2v) is 5.98. The van der Waals surface area contributed by atoms with Crippen LogP contribution in [0, 0.1) is 19.3 Å². The Morgan fingerprint density at radius 3 is 2.53 bits per heavy atom. The first-order chi connectivity index (χ1) is 7.90. The molecule has 1 aliphatic heterocycles. The first-order valence-corrected chi connectivity index (χ1v) is 6.40. The van der Waals surface area contributed by atoms with Crippen molar-refractivity contribution in [3.63, 3.8) is 0 Å². The summed E-state index contributed by atoms with van der Waals surface area (Å²) in [6, 6.07) is 6.63. The van der Waals surface area contributed by atoms with E-state index < -0.39 is 0 Å². The van der Waals surface area contributed by atoms with Gasteiger partial charge in [0.15, 0.2) is 0 Å². The van der Waals surface area contributed by atoms with Crippen molar-refractivity contribution in [2.45, 2.75) is 40.2 Å². The highest BCUT2D eigenvalue weighted by Crippen LogP contribution is 2.32. The maximum Gasteiger partial charge on any atom is 0.0624 e. The third-order valence-corrected chi connectivity index (χ3v) is 4.03. The molecule has 1 unspecified atom stereocenters. The van der Waals surface area contributed by atoms with E-state index in [1.807, 2.05) is 0 Å². The second kappa shape index (κ2) is 4.34. The van der Waals surface area contributed by atoms with Gasteiger partial charge in [-0.1, -0.05) is 19.9 Å². The van der Waals surface area contributed by atoms with Crippen LogP contribution in [0.3, 0.4) is 0 Å². The third-order valence-electron chi connectivity index (χ3n) is 4.03. The number of hydrogen-bond acceptors (Lipinski definition) is 2. The van der Waals surface area contributed by atoms with Crippen LogP contribution in [0.25, 0.3) is 0 Å². The number of benzene rings is 1. The fourth-order valence-corrected chi connectivity index (χ4v) is 2.49. The average Bonchev–Trinajstić information content (AvgIpc) is 2.26. The first kappa shape index (κ1) is 12.4. The third kappa shape index (κ3) is 2.47. The van der Waals surface area contributed by atoms with E-state index in [-0.39, 0.29) is 11.5 Å². The van der Waals surface area contributed by atoms with Crippen LogP contribution in [0.2, 0.25) is 0 Å². The Morgan fingerprint density at radius 1 is 1.24 bits per heavy atom. The zero-order valence-corrected chi connectivity index (χ0v) is 11.3. The summed E-state index contributed by atoms with van der Waals surface area (Å²) in [5, 5.41) is 9.97. The van der Waals surface area contributed by atoms with Gasteiger partial charge in [-0.25, -0.2) is 0 Å². The van der Waals surface area contributed by atoms with Gasteiger partial charge in [-0.15, -0.1) is 0 Å². The molecular weight excluding hydrogens is 210 g/mol. The lowest BCUT2D eigenvalue weighted by atomic mass is 9.81. The van der Waals surface area contributed by atoms with Crippen LogP contribution in [-0.2, 0) is 0 Å². The molecule has 0 amide bonds. The summed E-state index contributed by atoms with van der Waals surface area (Å²) in [5.74, 6) is 0. The Morgan fingerprint density at radius 2 is 1.94 bits per heavy atom. The Bertz CT molecular complexity index is 411. The number of rotatable bonds is 1. The summed E-state index contributed by atoms with van der Waals surface area (Å²) < 4.78 is 0.